The second-order valence-electron chi connectivity index (χ2n) is 9.79. The Morgan fingerprint density at radius 3 is 2.39 bits per heavy atom. The molecule has 0 aliphatic carbocycles. The lowest BCUT2D eigenvalue weighted by atomic mass is 9.98. The Kier molecular flexibility index (Phi) is 7.67. The number of para-hydroxylation sites is 1. The SMILES string of the molecule is COc1ccccc1C1c2cccn2CCN1C(=O)CN(C(=O)Nc1ccc(C(C)C)cc1)C(C)C. The van der Waals surface area contributed by atoms with Crippen molar-refractivity contribution in [2.24, 2.45) is 0 Å². The first-order chi connectivity index (χ1) is 17.3. The molecule has 3 aromatic rings. The van der Waals surface area contributed by atoms with Gasteiger partial charge in [-0.25, -0.2) is 4.79 Å². The molecular formula is C29H36N4O3. The number of benzene rings is 2. The van der Waals surface area contributed by atoms with E-state index in [4.69, 9.17) is 4.74 Å². The molecule has 2 heterocycles. The fourth-order valence-electron chi connectivity index (χ4n) is 4.74. The number of hydrogen-bond donors (Lipinski definition) is 1. The average molecular weight is 489 g/mol. The Morgan fingerprint density at radius 1 is 1.00 bits per heavy atom. The molecule has 36 heavy (non-hydrogen) atoms. The van der Waals surface area contributed by atoms with Crippen LogP contribution in [0.5, 0.6) is 5.75 Å². The van der Waals surface area contributed by atoms with Crippen LogP contribution in [0.2, 0.25) is 0 Å². The minimum Gasteiger partial charge on any atom is -0.496 e. The van der Waals surface area contributed by atoms with Gasteiger partial charge in [-0.1, -0.05) is 44.2 Å². The van der Waals surface area contributed by atoms with E-state index in [9.17, 15) is 9.59 Å². The van der Waals surface area contributed by atoms with E-state index in [0.717, 1.165) is 17.0 Å². The second-order valence-corrected chi connectivity index (χ2v) is 9.79. The summed E-state index contributed by atoms with van der Waals surface area (Å²) in [5.74, 6) is 1.05. The van der Waals surface area contributed by atoms with Crippen LogP contribution in [0.3, 0.4) is 0 Å². The zero-order chi connectivity index (χ0) is 25.8. The molecule has 0 spiro atoms. The zero-order valence-electron chi connectivity index (χ0n) is 21.8. The summed E-state index contributed by atoms with van der Waals surface area (Å²) < 4.78 is 7.82. The zero-order valence-corrected chi connectivity index (χ0v) is 21.8. The maximum absolute atomic E-state index is 13.8. The van der Waals surface area contributed by atoms with Crippen molar-refractivity contribution in [2.45, 2.75) is 52.2 Å². The van der Waals surface area contributed by atoms with Crippen LogP contribution in [-0.2, 0) is 11.3 Å². The number of carbonyl (C=O) groups excluding carboxylic acids is 2. The minimum absolute atomic E-state index is 0.0140. The molecule has 7 heteroatoms. The third kappa shape index (κ3) is 5.25. The van der Waals surface area contributed by atoms with Gasteiger partial charge in [-0.2, -0.15) is 0 Å². The molecule has 4 rings (SSSR count). The predicted octanol–water partition coefficient (Wildman–Crippen LogP) is 5.49. The van der Waals surface area contributed by atoms with Crippen molar-refractivity contribution < 1.29 is 14.3 Å². The Morgan fingerprint density at radius 2 is 1.72 bits per heavy atom. The first kappa shape index (κ1) is 25.4. The van der Waals surface area contributed by atoms with Gasteiger partial charge in [0.2, 0.25) is 5.91 Å². The third-order valence-corrected chi connectivity index (χ3v) is 6.81. The molecule has 7 nitrogen and oxygen atoms in total. The second kappa shape index (κ2) is 10.9. The van der Waals surface area contributed by atoms with E-state index in [2.05, 4.69) is 23.7 Å². The lowest BCUT2D eigenvalue weighted by Gasteiger charge is -2.39. The van der Waals surface area contributed by atoms with E-state index in [1.54, 1.807) is 12.0 Å². The molecule has 3 amide bonds. The van der Waals surface area contributed by atoms with E-state index in [1.807, 2.05) is 85.6 Å². The van der Waals surface area contributed by atoms with Crippen LogP contribution in [0.25, 0.3) is 0 Å². The van der Waals surface area contributed by atoms with Gasteiger partial charge < -0.3 is 24.4 Å². The van der Waals surface area contributed by atoms with Crippen LogP contribution >= 0.6 is 0 Å². The number of fused-ring (bicyclic) bond motifs is 1. The molecule has 1 aromatic heterocycles. The number of nitrogens with zero attached hydrogens (tertiary/aromatic N) is 3. The van der Waals surface area contributed by atoms with E-state index in [-0.39, 0.29) is 30.6 Å². The third-order valence-electron chi connectivity index (χ3n) is 6.81. The van der Waals surface area contributed by atoms with Crippen molar-refractivity contribution >= 4 is 17.6 Å². The van der Waals surface area contributed by atoms with Crippen molar-refractivity contribution in [1.82, 2.24) is 14.4 Å². The van der Waals surface area contributed by atoms with Crippen LogP contribution in [0.4, 0.5) is 10.5 Å². The molecule has 0 bridgehead atoms. The lowest BCUT2D eigenvalue weighted by molar-refractivity contribution is -0.134. The van der Waals surface area contributed by atoms with Gasteiger partial charge in [0.15, 0.2) is 0 Å². The number of hydrogen-bond acceptors (Lipinski definition) is 3. The summed E-state index contributed by atoms with van der Waals surface area (Å²) >= 11 is 0. The molecule has 0 saturated carbocycles. The summed E-state index contributed by atoms with van der Waals surface area (Å²) in [6.45, 7) is 9.36. The first-order valence-electron chi connectivity index (χ1n) is 12.5. The molecule has 1 unspecified atom stereocenters. The molecule has 0 saturated heterocycles. The highest BCUT2D eigenvalue weighted by atomic mass is 16.5. The Hall–Kier alpha value is -3.74. The van der Waals surface area contributed by atoms with Crippen molar-refractivity contribution in [3.05, 3.63) is 83.7 Å². The van der Waals surface area contributed by atoms with Crippen molar-refractivity contribution in [3.63, 3.8) is 0 Å². The molecule has 0 radical (unpaired) electrons. The number of methoxy groups -OCH3 is 1. The Bertz CT molecular complexity index is 1200. The fraction of sp³-hybridized carbons (Fsp3) is 0.379. The van der Waals surface area contributed by atoms with Gasteiger partial charge in [0.1, 0.15) is 18.3 Å². The van der Waals surface area contributed by atoms with Crippen molar-refractivity contribution in [1.29, 1.82) is 0 Å². The topological polar surface area (TPSA) is 66.8 Å². The van der Waals surface area contributed by atoms with Gasteiger partial charge >= 0.3 is 6.03 Å². The summed E-state index contributed by atoms with van der Waals surface area (Å²) in [5, 5.41) is 2.96. The molecule has 2 aromatic carbocycles. The highest BCUT2D eigenvalue weighted by molar-refractivity contribution is 5.92. The van der Waals surface area contributed by atoms with E-state index < -0.39 is 0 Å². The van der Waals surface area contributed by atoms with Crippen molar-refractivity contribution in [2.75, 3.05) is 25.5 Å². The predicted molar refractivity (Wildman–Crippen MR) is 142 cm³/mol. The van der Waals surface area contributed by atoms with Crippen molar-refractivity contribution in [3.8, 4) is 5.75 Å². The van der Waals surface area contributed by atoms with Crippen LogP contribution in [-0.4, -0.2) is 52.5 Å². The first-order valence-corrected chi connectivity index (χ1v) is 12.5. The van der Waals surface area contributed by atoms with E-state index >= 15 is 0 Å². The smallest absolute Gasteiger partial charge is 0.322 e. The van der Waals surface area contributed by atoms with E-state index in [0.29, 0.717) is 24.7 Å². The summed E-state index contributed by atoms with van der Waals surface area (Å²) in [4.78, 5) is 30.4. The minimum atomic E-state index is -0.293. The molecule has 190 valence electrons. The molecular weight excluding hydrogens is 452 g/mol. The normalized spacial score (nSPS) is 15.1. The number of amides is 3. The maximum atomic E-state index is 13.8. The average Bonchev–Trinajstić information content (AvgIpc) is 3.35. The number of ether oxygens (including phenoxy) is 1. The number of nitrogens with one attached hydrogen (secondary N) is 1. The number of anilines is 1. The highest BCUT2D eigenvalue weighted by Gasteiger charge is 2.35. The standard InChI is InChI=1S/C29H36N4O3/c1-20(2)22-12-14-23(15-13-22)30-29(35)33(21(3)4)19-27(34)32-18-17-31-16-8-10-25(31)28(32)24-9-6-7-11-26(24)36-5/h6-16,20-21,28H,17-19H2,1-5H3,(H,30,35). The monoisotopic (exact) mass is 488 g/mol. The summed E-state index contributed by atoms with van der Waals surface area (Å²) in [7, 11) is 1.64. The summed E-state index contributed by atoms with van der Waals surface area (Å²) in [6, 6.07) is 19.0. The largest absolute Gasteiger partial charge is 0.496 e. The van der Waals surface area contributed by atoms with Gasteiger partial charge in [-0.3, -0.25) is 4.79 Å². The fourth-order valence-corrected chi connectivity index (χ4v) is 4.74. The molecule has 1 atom stereocenters. The van der Waals surface area contributed by atoms with Crippen LogP contribution < -0.4 is 10.1 Å². The Labute approximate surface area is 213 Å². The summed E-state index contributed by atoms with van der Waals surface area (Å²) in [5.41, 5.74) is 3.88. The van der Waals surface area contributed by atoms with Gasteiger partial charge in [-0.05, 0) is 55.7 Å². The maximum Gasteiger partial charge on any atom is 0.322 e. The van der Waals surface area contributed by atoms with E-state index in [1.165, 1.54) is 5.56 Å². The molecule has 1 N–H and O–H groups in total. The Balaban J connectivity index is 1.56. The molecule has 1 aliphatic rings. The quantitative estimate of drug-likeness (QED) is 0.478. The van der Waals surface area contributed by atoms with Crippen LogP contribution in [0, 0.1) is 0 Å². The number of rotatable bonds is 7. The number of carbonyl (C=O) groups is 2. The van der Waals surface area contributed by atoms with Crippen LogP contribution in [0.15, 0.2) is 66.9 Å². The summed E-state index contributed by atoms with van der Waals surface area (Å²) in [6.07, 6.45) is 2.04. The molecule has 1 aliphatic heterocycles. The lowest BCUT2D eigenvalue weighted by Crippen LogP contribution is -2.50. The number of urea groups is 1. The van der Waals surface area contributed by atoms with Gasteiger partial charge in [0, 0.05) is 42.3 Å². The highest BCUT2D eigenvalue weighted by Crippen LogP contribution is 2.37. The number of aromatic nitrogens is 1. The van der Waals surface area contributed by atoms with Gasteiger partial charge in [0.25, 0.3) is 0 Å². The van der Waals surface area contributed by atoms with Gasteiger partial charge in [0.05, 0.1) is 7.11 Å². The van der Waals surface area contributed by atoms with Crippen LogP contribution in [0.1, 0.15) is 56.5 Å². The molecule has 0 fully saturated rings. The van der Waals surface area contributed by atoms with Gasteiger partial charge in [-0.15, -0.1) is 0 Å².